The van der Waals surface area contributed by atoms with Crippen molar-refractivity contribution in [2.75, 3.05) is 0 Å². The van der Waals surface area contributed by atoms with Crippen molar-refractivity contribution in [3.05, 3.63) is 63.4 Å². The van der Waals surface area contributed by atoms with Crippen LogP contribution in [0.15, 0.2) is 36.4 Å². The van der Waals surface area contributed by atoms with E-state index in [4.69, 9.17) is 23.2 Å². The van der Waals surface area contributed by atoms with Crippen molar-refractivity contribution in [1.82, 2.24) is 5.32 Å². The van der Waals surface area contributed by atoms with Gasteiger partial charge in [-0.25, -0.2) is 0 Å². The quantitative estimate of drug-likeness (QED) is 0.806. The van der Waals surface area contributed by atoms with Crippen molar-refractivity contribution in [2.24, 2.45) is 0 Å². The summed E-state index contributed by atoms with van der Waals surface area (Å²) in [5, 5.41) is 3.50. The van der Waals surface area contributed by atoms with Crippen LogP contribution in [0.5, 0.6) is 0 Å². The molecular weight excluding hydrogens is 375 g/mol. The predicted molar refractivity (Wildman–Crippen MR) is 86.9 cm³/mol. The summed E-state index contributed by atoms with van der Waals surface area (Å²) in [6, 6.07) is 9.63. The predicted octanol–water partition coefficient (Wildman–Crippen LogP) is 2.88. The maximum absolute atomic E-state index is 13.5. The molecule has 21 heavy (non-hydrogen) atoms. The van der Waals surface area contributed by atoms with Crippen LogP contribution in [0.1, 0.15) is 28.9 Å². The van der Waals surface area contributed by atoms with E-state index in [2.05, 4.69) is 5.32 Å². The summed E-state index contributed by atoms with van der Waals surface area (Å²) >= 11 is 12.7. The number of hydrogen-bond acceptors (Lipinski definition) is 1. The Labute approximate surface area is 141 Å². The minimum atomic E-state index is -0.595. The number of hydrogen-bond donors (Lipinski definition) is 1. The fourth-order valence-corrected chi connectivity index (χ4v) is 3.19. The van der Waals surface area contributed by atoms with E-state index in [1.807, 2.05) is 19.1 Å². The summed E-state index contributed by atoms with van der Waals surface area (Å²) in [4.78, 5) is 12.2. The molecule has 2 aromatic carbocycles. The van der Waals surface area contributed by atoms with E-state index in [9.17, 15) is 9.18 Å². The number of amides is 1. The number of nitrogens with one attached hydrogen (secondary N) is 1. The first kappa shape index (κ1) is 16.4. The molecule has 6 heteroatoms. The van der Waals surface area contributed by atoms with Gasteiger partial charge in [0.05, 0.1) is 0 Å². The van der Waals surface area contributed by atoms with Gasteiger partial charge in [0.1, 0.15) is 0 Å². The fourth-order valence-electron chi connectivity index (χ4n) is 1.87. The first-order valence-electron chi connectivity index (χ1n) is 6.19. The van der Waals surface area contributed by atoms with Gasteiger partial charge in [-0.15, -0.1) is 0 Å². The maximum atomic E-state index is 13.5. The molecule has 2 unspecified atom stereocenters. The van der Waals surface area contributed by atoms with Gasteiger partial charge in [0.2, 0.25) is 0 Å². The first-order valence-corrected chi connectivity index (χ1v) is 8.16. The Balaban J connectivity index is 2.18. The molecule has 0 aliphatic carbocycles. The molecule has 0 fully saturated rings. The van der Waals surface area contributed by atoms with Crippen LogP contribution >= 0.6 is 23.2 Å². The van der Waals surface area contributed by atoms with Gasteiger partial charge in [0.25, 0.3) is 0 Å². The molecule has 1 N–H and O–H groups in total. The van der Waals surface area contributed by atoms with Crippen LogP contribution in [-0.2, 0) is 0 Å². The standard InChI is InChI=1S/C15H13AsCl2FNO/c1-8(9-2-4-10(17)5-3-9)20-15(21)11-6-14(19)13(18)7-12(11)16/h2-8H,16H2,1H3,(H,20,21). The summed E-state index contributed by atoms with van der Waals surface area (Å²) in [6.45, 7) is 1.86. The van der Waals surface area contributed by atoms with Crippen molar-refractivity contribution in [3.8, 4) is 0 Å². The number of halogens is 3. The molecule has 0 saturated carbocycles. The molecule has 2 atom stereocenters. The average Bonchev–Trinajstić information content (AvgIpc) is 2.43. The van der Waals surface area contributed by atoms with Gasteiger partial charge in [-0.2, -0.15) is 0 Å². The van der Waals surface area contributed by atoms with E-state index in [0.717, 1.165) is 5.56 Å². The Morgan fingerprint density at radius 1 is 1.24 bits per heavy atom. The van der Waals surface area contributed by atoms with E-state index in [1.165, 1.54) is 29.0 Å². The Kier molecular flexibility index (Phi) is 5.31. The van der Waals surface area contributed by atoms with Crippen LogP contribution in [-0.4, -0.2) is 22.8 Å². The Hall–Kier alpha value is -1.02. The third kappa shape index (κ3) is 4.00. The second-order valence-electron chi connectivity index (χ2n) is 4.60. The van der Waals surface area contributed by atoms with Crippen LogP contribution in [0, 0.1) is 5.82 Å². The Morgan fingerprint density at radius 2 is 1.86 bits per heavy atom. The molecule has 1 amide bonds. The van der Waals surface area contributed by atoms with E-state index < -0.39 is 5.82 Å². The molecule has 0 aromatic heterocycles. The van der Waals surface area contributed by atoms with Gasteiger partial charge >= 0.3 is 141 Å². The van der Waals surface area contributed by atoms with Gasteiger partial charge in [-0.1, -0.05) is 0 Å². The van der Waals surface area contributed by atoms with Crippen LogP contribution < -0.4 is 9.67 Å². The van der Waals surface area contributed by atoms with E-state index in [-0.39, 0.29) is 17.0 Å². The molecule has 0 spiro atoms. The molecule has 2 nitrogen and oxygen atoms in total. The summed E-state index contributed by atoms with van der Waals surface area (Å²) in [7, 11) is 0. The minimum absolute atomic E-state index is 0.0247. The van der Waals surface area contributed by atoms with Gasteiger partial charge in [0, 0.05) is 0 Å². The monoisotopic (exact) mass is 387 g/mol. The SMILES string of the molecule is CC(NC(=O)c1cc(F)c(Cl)cc1[AsH2])c1ccc(Cl)cc1. The topological polar surface area (TPSA) is 29.1 Å². The second-order valence-corrected chi connectivity index (χ2v) is 6.75. The molecule has 0 radical (unpaired) electrons. The molecule has 2 aromatic rings. The Bertz CT molecular complexity index is 676. The zero-order valence-corrected chi connectivity index (χ0v) is 15.1. The van der Waals surface area contributed by atoms with E-state index in [0.29, 0.717) is 14.9 Å². The van der Waals surface area contributed by atoms with Gasteiger partial charge in [0.15, 0.2) is 0 Å². The summed E-state index contributed by atoms with van der Waals surface area (Å²) in [5.74, 6) is -0.922. The molecule has 2 rings (SSSR count). The number of benzene rings is 2. The number of carbonyl (C=O) groups is 1. The molecule has 0 bridgehead atoms. The van der Waals surface area contributed by atoms with Crippen LogP contribution in [0.4, 0.5) is 4.39 Å². The first-order chi connectivity index (χ1) is 9.88. The molecule has 110 valence electrons. The fraction of sp³-hybridized carbons (Fsp3) is 0.133. The van der Waals surface area contributed by atoms with Crippen molar-refractivity contribution in [1.29, 1.82) is 0 Å². The zero-order valence-electron chi connectivity index (χ0n) is 11.2. The van der Waals surface area contributed by atoms with Gasteiger partial charge in [-0.05, 0) is 0 Å². The van der Waals surface area contributed by atoms with Crippen molar-refractivity contribution in [3.63, 3.8) is 0 Å². The third-order valence-electron chi connectivity index (χ3n) is 3.05. The molecule has 0 heterocycles. The van der Waals surface area contributed by atoms with Crippen molar-refractivity contribution in [2.45, 2.75) is 13.0 Å². The van der Waals surface area contributed by atoms with Crippen LogP contribution in [0.3, 0.4) is 0 Å². The average molecular weight is 388 g/mol. The molecule has 0 aliphatic rings. The summed E-state index contributed by atoms with van der Waals surface area (Å²) in [6.07, 6.45) is 0. The van der Waals surface area contributed by atoms with Crippen LogP contribution in [0.25, 0.3) is 0 Å². The molecule has 0 aliphatic heterocycles. The Morgan fingerprint density at radius 3 is 2.48 bits per heavy atom. The number of carbonyl (C=O) groups excluding carboxylic acids is 1. The summed E-state index contributed by atoms with van der Waals surface area (Å²) in [5.41, 5.74) is 1.23. The molecular formula is C15H13AsCl2FNO. The van der Waals surface area contributed by atoms with Crippen molar-refractivity contribution < 1.29 is 9.18 Å². The van der Waals surface area contributed by atoms with Crippen LogP contribution in [0.2, 0.25) is 10.0 Å². The third-order valence-corrected chi connectivity index (χ3v) is 4.60. The normalized spacial score (nSPS) is 12.0. The van der Waals surface area contributed by atoms with E-state index in [1.54, 1.807) is 12.1 Å². The molecule has 0 saturated heterocycles. The van der Waals surface area contributed by atoms with E-state index >= 15 is 0 Å². The second kappa shape index (κ2) is 6.83. The van der Waals surface area contributed by atoms with Gasteiger partial charge in [-0.3, -0.25) is 0 Å². The zero-order chi connectivity index (χ0) is 15.6. The van der Waals surface area contributed by atoms with Crippen molar-refractivity contribution >= 4 is 50.3 Å². The number of rotatable bonds is 3. The van der Waals surface area contributed by atoms with Gasteiger partial charge < -0.3 is 0 Å². The summed E-state index contributed by atoms with van der Waals surface area (Å²) < 4.78 is 14.2.